The topological polar surface area (TPSA) is 47.1 Å². The van der Waals surface area contributed by atoms with Crippen LogP contribution in [0.1, 0.15) is 83.5 Å². The summed E-state index contributed by atoms with van der Waals surface area (Å²) in [6.07, 6.45) is 0.614. The zero-order valence-corrected chi connectivity index (χ0v) is 27.6. The summed E-state index contributed by atoms with van der Waals surface area (Å²) in [5.41, 5.74) is 3.24. The Labute approximate surface area is 261 Å². The third-order valence-electron chi connectivity index (χ3n) is 9.27. The van der Waals surface area contributed by atoms with E-state index in [0.717, 1.165) is 29.4 Å². The number of carbonyl (C=O) groups excluding carboxylic acids is 2. The lowest BCUT2D eigenvalue weighted by atomic mass is 9.78. The van der Waals surface area contributed by atoms with Gasteiger partial charge in [-0.25, -0.2) is 8.78 Å². The van der Waals surface area contributed by atoms with E-state index in [2.05, 4.69) is 36.6 Å². The summed E-state index contributed by atoms with van der Waals surface area (Å²) in [5, 5.41) is 0.665. The van der Waals surface area contributed by atoms with E-state index >= 15 is 4.39 Å². The predicted molar refractivity (Wildman–Crippen MR) is 170 cm³/mol. The Morgan fingerprint density at radius 2 is 1.65 bits per heavy atom. The van der Waals surface area contributed by atoms with Crippen LogP contribution in [0.3, 0.4) is 0 Å². The SMILES string of the molecule is CC(=O)N(C(C)C)[C@@H](C)c1cc(C)c(Cl)cc1N1CCN(C(=O)[C@@H]2CCN(C(C)(C)C)C[C@H]2c2ccc(F)cc2F)CC1. The van der Waals surface area contributed by atoms with E-state index in [0.29, 0.717) is 49.7 Å². The maximum absolute atomic E-state index is 15.1. The molecule has 9 heteroatoms. The summed E-state index contributed by atoms with van der Waals surface area (Å²) in [4.78, 5) is 34.9. The highest BCUT2D eigenvalue weighted by Crippen LogP contribution is 2.39. The molecule has 43 heavy (non-hydrogen) atoms. The first-order chi connectivity index (χ1) is 20.1. The quantitative estimate of drug-likeness (QED) is 0.358. The minimum Gasteiger partial charge on any atom is -0.368 e. The first-order valence-corrected chi connectivity index (χ1v) is 15.8. The largest absolute Gasteiger partial charge is 0.368 e. The van der Waals surface area contributed by atoms with Crippen LogP contribution < -0.4 is 4.90 Å². The molecule has 6 nitrogen and oxygen atoms in total. The number of nitrogens with zero attached hydrogens (tertiary/aromatic N) is 4. The van der Waals surface area contributed by atoms with E-state index < -0.39 is 11.6 Å². The van der Waals surface area contributed by atoms with Crippen LogP contribution in [-0.2, 0) is 9.59 Å². The van der Waals surface area contributed by atoms with Gasteiger partial charge in [0.15, 0.2) is 0 Å². The van der Waals surface area contributed by atoms with Crippen molar-refractivity contribution in [3.05, 3.63) is 63.7 Å². The Hall–Kier alpha value is -2.71. The van der Waals surface area contributed by atoms with Crippen LogP contribution in [0.15, 0.2) is 30.3 Å². The summed E-state index contributed by atoms with van der Waals surface area (Å²) in [5.74, 6) is -1.92. The number of hydrogen-bond donors (Lipinski definition) is 0. The number of likely N-dealkylation sites (tertiary alicyclic amines) is 1. The molecule has 0 unspecified atom stereocenters. The predicted octanol–water partition coefficient (Wildman–Crippen LogP) is 6.80. The molecule has 0 aliphatic carbocycles. The summed E-state index contributed by atoms with van der Waals surface area (Å²) in [7, 11) is 0. The molecule has 0 N–H and O–H groups in total. The zero-order valence-electron chi connectivity index (χ0n) is 26.9. The van der Waals surface area contributed by atoms with Crippen molar-refractivity contribution in [1.82, 2.24) is 14.7 Å². The first-order valence-electron chi connectivity index (χ1n) is 15.4. The monoisotopic (exact) mass is 616 g/mol. The molecule has 2 aliphatic rings. The number of piperidine rings is 1. The van der Waals surface area contributed by atoms with E-state index in [1.807, 2.05) is 43.6 Å². The van der Waals surface area contributed by atoms with Crippen molar-refractivity contribution in [1.29, 1.82) is 0 Å². The number of hydrogen-bond acceptors (Lipinski definition) is 4. The molecular formula is C34H47ClF2N4O2. The third kappa shape index (κ3) is 7.17. The fourth-order valence-corrected chi connectivity index (χ4v) is 7.07. The van der Waals surface area contributed by atoms with Gasteiger partial charge in [0.1, 0.15) is 11.6 Å². The van der Waals surface area contributed by atoms with Crippen molar-refractivity contribution in [2.45, 2.75) is 85.4 Å². The van der Waals surface area contributed by atoms with Gasteiger partial charge in [0.05, 0.1) is 6.04 Å². The standard InChI is InChI=1S/C34H47ClF2N4O2/c1-21(2)41(24(5)42)23(4)28-17-22(3)30(35)19-32(28)38-13-15-39(16-14-38)33(43)27-11-12-40(34(6,7)8)20-29(27)26-10-9-25(36)18-31(26)37/h9-10,17-19,21,23,27,29H,11-16,20H2,1-8H3/t23-,27+,29-/m0/s1. The van der Waals surface area contributed by atoms with Gasteiger partial charge >= 0.3 is 0 Å². The number of benzene rings is 2. The lowest BCUT2D eigenvalue weighted by Crippen LogP contribution is -2.55. The minimum absolute atomic E-state index is 0.0149. The first kappa shape index (κ1) is 33.2. The van der Waals surface area contributed by atoms with Gasteiger partial charge in [-0.3, -0.25) is 14.5 Å². The molecule has 2 amide bonds. The molecule has 4 rings (SSSR count). The van der Waals surface area contributed by atoms with Gasteiger partial charge in [-0.15, -0.1) is 0 Å². The third-order valence-corrected chi connectivity index (χ3v) is 9.68. The second-order valence-corrected chi connectivity index (χ2v) is 13.9. The van der Waals surface area contributed by atoms with Crippen LogP contribution in [0, 0.1) is 24.5 Å². The van der Waals surface area contributed by atoms with Crippen LogP contribution in [0.4, 0.5) is 14.5 Å². The molecule has 236 valence electrons. The summed E-state index contributed by atoms with van der Waals surface area (Å²) in [6.45, 7) is 19.6. The second-order valence-electron chi connectivity index (χ2n) is 13.5. The molecule has 2 saturated heterocycles. The highest BCUT2D eigenvalue weighted by atomic mass is 35.5. The number of anilines is 1. The Morgan fingerprint density at radius 1 is 1.00 bits per heavy atom. The molecule has 2 aliphatic heterocycles. The van der Waals surface area contributed by atoms with Crippen molar-refractivity contribution >= 4 is 29.1 Å². The molecule has 0 saturated carbocycles. The lowest BCUT2D eigenvalue weighted by molar-refractivity contribution is -0.139. The Kier molecular flexibility index (Phi) is 10.1. The van der Waals surface area contributed by atoms with Crippen LogP contribution in [0.2, 0.25) is 5.02 Å². The molecule has 2 aromatic carbocycles. The summed E-state index contributed by atoms with van der Waals surface area (Å²) < 4.78 is 28.9. The van der Waals surface area contributed by atoms with Crippen molar-refractivity contribution in [2.75, 3.05) is 44.2 Å². The van der Waals surface area contributed by atoms with E-state index in [1.165, 1.54) is 12.1 Å². The molecule has 2 heterocycles. The Morgan fingerprint density at radius 3 is 2.21 bits per heavy atom. The average Bonchev–Trinajstić information content (AvgIpc) is 2.93. The van der Waals surface area contributed by atoms with Gasteiger partial charge in [0.25, 0.3) is 0 Å². The van der Waals surface area contributed by atoms with Crippen molar-refractivity contribution in [3.8, 4) is 0 Å². The highest BCUT2D eigenvalue weighted by molar-refractivity contribution is 6.31. The number of rotatable bonds is 6. The molecule has 0 radical (unpaired) electrons. The molecule has 0 aromatic heterocycles. The van der Waals surface area contributed by atoms with Crippen LogP contribution in [-0.4, -0.2) is 77.4 Å². The van der Waals surface area contributed by atoms with Gasteiger partial charge in [-0.2, -0.15) is 0 Å². The van der Waals surface area contributed by atoms with Crippen molar-refractivity contribution in [2.24, 2.45) is 5.92 Å². The van der Waals surface area contributed by atoms with E-state index in [-0.39, 0.29) is 41.3 Å². The van der Waals surface area contributed by atoms with Crippen LogP contribution >= 0.6 is 11.6 Å². The van der Waals surface area contributed by atoms with E-state index in [9.17, 15) is 14.0 Å². The average molecular weight is 617 g/mol. The van der Waals surface area contributed by atoms with Crippen LogP contribution in [0.25, 0.3) is 0 Å². The molecule has 3 atom stereocenters. The molecular weight excluding hydrogens is 570 g/mol. The summed E-state index contributed by atoms with van der Waals surface area (Å²) >= 11 is 6.61. The van der Waals surface area contributed by atoms with Gasteiger partial charge in [0, 0.05) is 79.8 Å². The second kappa shape index (κ2) is 13.1. The molecule has 2 aromatic rings. The van der Waals surface area contributed by atoms with E-state index in [1.54, 1.807) is 6.92 Å². The van der Waals surface area contributed by atoms with E-state index in [4.69, 9.17) is 11.6 Å². The van der Waals surface area contributed by atoms with Gasteiger partial charge in [-0.05, 0) is 90.3 Å². The number of aryl methyl sites for hydroxylation is 1. The van der Waals surface area contributed by atoms with Crippen molar-refractivity contribution in [3.63, 3.8) is 0 Å². The van der Waals surface area contributed by atoms with Gasteiger partial charge < -0.3 is 14.7 Å². The zero-order chi connectivity index (χ0) is 31.8. The summed E-state index contributed by atoms with van der Waals surface area (Å²) in [6, 6.07) is 7.65. The smallest absolute Gasteiger partial charge is 0.226 e. The van der Waals surface area contributed by atoms with Crippen LogP contribution in [0.5, 0.6) is 0 Å². The molecule has 2 fully saturated rings. The number of carbonyl (C=O) groups is 2. The Balaban J connectivity index is 1.56. The van der Waals surface area contributed by atoms with Crippen molar-refractivity contribution < 1.29 is 18.4 Å². The molecule has 0 spiro atoms. The number of halogens is 3. The number of piperazine rings is 1. The Bertz CT molecular complexity index is 1340. The minimum atomic E-state index is -0.617. The van der Waals surface area contributed by atoms with Gasteiger partial charge in [-0.1, -0.05) is 23.7 Å². The fraction of sp³-hybridized carbons (Fsp3) is 0.588. The maximum Gasteiger partial charge on any atom is 0.226 e. The maximum atomic E-state index is 15.1. The van der Waals surface area contributed by atoms with Gasteiger partial charge in [0.2, 0.25) is 11.8 Å². The lowest BCUT2D eigenvalue weighted by Gasteiger charge is -2.46. The molecule has 0 bridgehead atoms. The highest BCUT2D eigenvalue weighted by Gasteiger charge is 2.41. The normalized spacial score (nSPS) is 20.8. The number of amides is 2. The fourth-order valence-electron chi connectivity index (χ4n) is 6.91.